The van der Waals surface area contributed by atoms with Crippen LogP contribution in [0.25, 0.3) is 0 Å². The van der Waals surface area contributed by atoms with Gasteiger partial charge < -0.3 is 14.2 Å². The van der Waals surface area contributed by atoms with E-state index in [4.69, 9.17) is 9.47 Å². The zero-order valence-electron chi connectivity index (χ0n) is 12.1. The first-order chi connectivity index (χ1) is 9.12. The quantitative estimate of drug-likeness (QED) is 0.562. The molecule has 1 aromatic rings. The number of carbonyl (C=O) groups is 1. The highest BCUT2D eigenvalue weighted by atomic mass is 16.5. The van der Waals surface area contributed by atoms with Gasteiger partial charge in [-0.1, -0.05) is 0 Å². The fraction of sp³-hybridized carbons (Fsp3) is 0.533. The Morgan fingerprint density at radius 3 is 2.32 bits per heavy atom. The van der Waals surface area contributed by atoms with Crippen LogP contribution in [0.1, 0.15) is 30.4 Å². The summed E-state index contributed by atoms with van der Waals surface area (Å²) in [5.74, 6) is 1.58. The summed E-state index contributed by atoms with van der Waals surface area (Å²) in [7, 11) is 4.74. The summed E-state index contributed by atoms with van der Waals surface area (Å²) in [5, 5.41) is 0. The summed E-state index contributed by atoms with van der Waals surface area (Å²) in [4.78, 5) is 11.0. The van der Waals surface area contributed by atoms with Crippen molar-refractivity contribution in [2.45, 2.75) is 32.6 Å². The molecule has 0 aliphatic rings. The molecule has 0 atom stereocenters. The maximum Gasteiger partial charge on any atom is 0.305 e. The second-order valence-corrected chi connectivity index (χ2v) is 4.42. The van der Waals surface area contributed by atoms with Gasteiger partial charge in [0.2, 0.25) is 0 Å². The Balaban J connectivity index is 2.63. The van der Waals surface area contributed by atoms with Crippen molar-refractivity contribution in [1.82, 2.24) is 0 Å². The Labute approximate surface area is 114 Å². The molecule has 0 bridgehead atoms. The molecule has 4 nitrogen and oxygen atoms in total. The van der Waals surface area contributed by atoms with Crippen LogP contribution >= 0.6 is 0 Å². The molecule has 0 saturated carbocycles. The van der Waals surface area contributed by atoms with Crippen molar-refractivity contribution < 1.29 is 19.0 Å². The minimum absolute atomic E-state index is 0.159. The molecule has 1 aromatic carbocycles. The lowest BCUT2D eigenvalue weighted by Gasteiger charge is -2.12. The maximum atomic E-state index is 11.0. The molecule has 0 saturated heterocycles. The summed E-state index contributed by atoms with van der Waals surface area (Å²) < 4.78 is 15.3. The molecule has 0 fully saturated rings. The molecule has 0 aliphatic heterocycles. The Bertz CT molecular complexity index is 426. The number of esters is 1. The molecule has 0 radical (unpaired) electrons. The van der Waals surface area contributed by atoms with Crippen molar-refractivity contribution in [3.05, 3.63) is 23.3 Å². The summed E-state index contributed by atoms with van der Waals surface area (Å²) in [6.07, 6.45) is 3.04. The van der Waals surface area contributed by atoms with E-state index in [0.717, 1.165) is 41.9 Å². The van der Waals surface area contributed by atoms with E-state index in [9.17, 15) is 4.79 Å². The number of hydrogen-bond acceptors (Lipinski definition) is 4. The lowest BCUT2D eigenvalue weighted by molar-refractivity contribution is -0.140. The van der Waals surface area contributed by atoms with Crippen LogP contribution in [0, 0.1) is 6.92 Å². The Kier molecular flexibility index (Phi) is 6.19. The van der Waals surface area contributed by atoms with Crippen LogP contribution in [0.3, 0.4) is 0 Å². The number of unbranched alkanes of at least 4 members (excludes halogenated alkanes) is 1. The minimum Gasteiger partial charge on any atom is -0.496 e. The van der Waals surface area contributed by atoms with Gasteiger partial charge in [0.15, 0.2) is 0 Å². The number of benzene rings is 1. The zero-order valence-corrected chi connectivity index (χ0v) is 12.1. The number of ether oxygens (including phenoxy) is 3. The molecular formula is C15H22O4. The highest BCUT2D eigenvalue weighted by Crippen LogP contribution is 2.29. The van der Waals surface area contributed by atoms with E-state index < -0.39 is 0 Å². The van der Waals surface area contributed by atoms with Gasteiger partial charge in [0.05, 0.1) is 21.3 Å². The van der Waals surface area contributed by atoms with Crippen LogP contribution in [0.4, 0.5) is 0 Å². The summed E-state index contributed by atoms with van der Waals surface area (Å²) in [6, 6.07) is 3.99. The number of methoxy groups -OCH3 is 3. The van der Waals surface area contributed by atoms with E-state index in [-0.39, 0.29) is 5.97 Å². The number of rotatable bonds is 7. The molecule has 0 aromatic heterocycles. The third-order valence-corrected chi connectivity index (χ3v) is 3.10. The van der Waals surface area contributed by atoms with Gasteiger partial charge in [0, 0.05) is 6.42 Å². The van der Waals surface area contributed by atoms with Gasteiger partial charge in [-0.2, -0.15) is 0 Å². The molecule has 1 rings (SSSR count). The topological polar surface area (TPSA) is 44.8 Å². The van der Waals surface area contributed by atoms with Gasteiger partial charge in [0.25, 0.3) is 0 Å². The van der Waals surface area contributed by atoms with Crippen molar-refractivity contribution in [2.75, 3.05) is 21.3 Å². The van der Waals surface area contributed by atoms with Gasteiger partial charge in [-0.05, 0) is 49.4 Å². The van der Waals surface area contributed by atoms with Crippen molar-refractivity contribution in [2.24, 2.45) is 0 Å². The Morgan fingerprint density at radius 2 is 1.74 bits per heavy atom. The lowest BCUT2D eigenvalue weighted by atomic mass is 10.0. The Morgan fingerprint density at radius 1 is 1.05 bits per heavy atom. The van der Waals surface area contributed by atoms with E-state index in [1.165, 1.54) is 7.11 Å². The average Bonchev–Trinajstić information content (AvgIpc) is 2.43. The van der Waals surface area contributed by atoms with Crippen LogP contribution < -0.4 is 9.47 Å². The number of hydrogen-bond donors (Lipinski definition) is 0. The van der Waals surface area contributed by atoms with E-state index in [1.807, 2.05) is 19.1 Å². The monoisotopic (exact) mass is 266 g/mol. The van der Waals surface area contributed by atoms with Crippen LogP contribution in [-0.4, -0.2) is 27.3 Å². The summed E-state index contributed by atoms with van der Waals surface area (Å²) in [6.45, 7) is 1.99. The molecule has 0 amide bonds. The van der Waals surface area contributed by atoms with Crippen LogP contribution in [0.15, 0.2) is 12.1 Å². The molecule has 106 valence electrons. The van der Waals surface area contributed by atoms with Crippen LogP contribution in [-0.2, 0) is 16.0 Å². The third kappa shape index (κ3) is 4.47. The smallest absolute Gasteiger partial charge is 0.305 e. The predicted molar refractivity (Wildman–Crippen MR) is 73.9 cm³/mol. The summed E-state index contributed by atoms with van der Waals surface area (Å²) in [5.41, 5.74) is 2.16. The predicted octanol–water partition coefficient (Wildman–Crippen LogP) is 2.90. The largest absolute Gasteiger partial charge is 0.496 e. The highest BCUT2D eigenvalue weighted by Gasteiger charge is 2.09. The number of carbonyl (C=O) groups excluding carboxylic acids is 1. The van der Waals surface area contributed by atoms with Crippen molar-refractivity contribution in [1.29, 1.82) is 0 Å². The average molecular weight is 266 g/mol. The summed E-state index contributed by atoms with van der Waals surface area (Å²) >= 11 is 0. The lowest BCUT2D eigenvalue weighted by Crippen LogP contribution is -2.00. The fourth-order valence-corrected chi connectivity index (χ4v) is 2.00. The molecule has 0 unspecified atom stereocenters. The van der Waals surface area contributed by atoms with E-state index >= 15 is 0 Å². The van der Waals surface area contributed by atoms with Gasteiger partial charge in [-0.15, -0.1) is 0 Å². The number of aryl methyl sites for hydroxylation is 2. The van der Waals surface area contributed by atoms with Gasteiger partial charge >= 0.3 is 5.97 Å². The van der Waals surface area contributed by atoms with Crippen LogP contribution in [0.2, 0.25) is 0 Å². The van der Waals surface area contributed by atoms with Gasteiger partial charge in [-0.25, -0.2) is 0 Å². The molecule has 4 heteroatoms. The second kappa shape index (κ2) is 7.67. The van der Waals surface area contributed by atoms with Gasteiger partial charge in [0.1, 0.15) is 11.5 Å². The molecular weight excluding hydrogens is 244 g/mol. The van der Waals surface area contributed by atoms with E-state index in [0.29, 0.717) is 6.42 Å². The van der Waals surface area contributed by atoms with Gasteiger partial charge in [-0.3, -0.25) is 4.79 Å². The third-order valence-electron chi connectivity index (χ3n) is 3.10. The van der Waals surface area contributed by atoms with Crippen molar-refractivity contribution in [3.63, 3.8) is 0 Å². The van der Waals surface area contributed by atoms with Crippen molar-refractivity contribution >= 4 is 5.97 Å². The van der Waals surface area contributed by atoms with E-state index in [2.05, 4.69) is 4.74 Å². The molecule has 0 N–H and O–H groups in total. The Hall–Kier alpha value is -1.71. The first kappa shape index (κ1) is 15.3. The maximum absolute atomic E-state index is 11.0. The zero-order chi connectivity index (χ0) is 14.3. The van der Waals surface area contributed by atoms with Crippen molar-refractivity contribution in [3.8, 4) is 11.5 Å². The first-order valence-electron chi connectivity index (χ1n) is 6.40. The van der Waals surface area contributed by atoms with Crippen LogP contribution in [0.5, 0.6) is 11.5 Å². The fourth-order valence-electron chi connectivity index (χ4n) is 2.00. The molecule has 19 heavy (non-hydrogen) atoms. The SMILES string of the molecule is COC(=O)CCCCc1cc(OC)c(C)cc1OC. The molecule has 0 heterocycles. The highest BCUT2D eigenvalue weighted by molar-refractivity contribution is 5.69. The second-order valence-electron chi connectivity index (χ2n) is 4.42. The standard InChI is InChI=1S/C15H22O4/c1-11-9-14(18-3)12(10-13(11)17-2)7-5-6-8-15(16)19-4/h9-10H,5-8H2,1-4H3. The first-order valence-corrected chi connectivity index (χ1v) is 6.40. The molecule has 0 spiro atoms. The molecule has 0 aliphatic carbocycles. The normalized spacial score (nSPS) is 10.1. The minimum atomic E-state index is -0.159. The van der Waals surface area contributed by atoms with E-state index in [1.54, 1.807) is 14.2 Å².